The molecule has 100 valence electrons. The molecule has 0 radical (unpaired) electrons. The number of hydrogen-bond donors (Lipinski definition) is 1. The van der Waals surface area contributed by atoms with Gasteiger partial charge in [-0.1, -0.05) is 6.07 Å². The second-order valence-corrected chi connectivity index (χ2v) is 3.76. The quantitative estimate of drug-likeness (QED) is 0.925. The summed E-state index contributed by atoms with van der Waals surface area (Å²) in [6.45, 7) is 0.415. The average molecular weight is 268 g/mol. The lowest BCUT2D eigenvalue weighted by atomic mass is 10.3. The van der Waals surface area contributed by atoms with E-state index in [-0.39, 0.29) is 5.95 Å². The Morgan fingerprint density at radius 3 is 2.58 bits per heavy atom. The standard InChI is InChI=1S/C12H11F3N4/c13-12(14,15)10-5-8-18-11(19-10)17-7-4-9-3-1-2-6-16-9/h1-3,5-6,8H,4,7H2,(H,17,18,19). The van der Waals surface area contributed by atoms with Crippen molar-refractivity contribution in [2.45, 2.75) is 12.6 Å². The van der Waals surface area contributed by atoms with Crippen LogP contribution in [0, 0.1) is 0 Å². The van der Waals surface area contributed by atoms with Crippen LogP contribution in [-0.2, 0) is 12.6 Å². The third kappa shape index (κ3) is 3.90. The molecule has 2 aromatic rings. The first kappa shape index (κ1) is 13.3. The maximum Gasteiger partial charge on any atom is 0.433 e. The smallest absolute Gasteiger partial charge is 0.354 e. The molecule has 2 aromatic heterocycles. The molecule has 0 bridgehead atoms. The van der Waals surface area contributed by atoms with Crippen LogP contribution in [0.3, 0.4) is 0 Å². The highest BCUT2D eigenvalue weighted by Gasteiger charge is 2.32. The predicted octanol–water partition coefficient (Wildman–Crippen LogP) is 2.54. The number of pyridine rings is 1. The summed E-state index contributed by atoms with van der Waals surface area (Å²) in [5, 5.41) is 2.74. The van der Waals surface area contributed by atoms with Crippen molar-refractivity contribution in [2.75, 3.05) is 11.9 Å². The summed E-state index contributed by atoms with van der Waals surface area (Å²) in [5.74, 6) is -0.0363. The Morgan fingerprint density at radius 1 is 1.05 bits per heavy atom. The molecule has 7 heteroatoms. The van der Waals surface area contributed by atoms with Crippen molar-refractivity contribution in [2.24, 2.45) is 0 Å². The van der Waals surface area contributed by atoms with Gasteiger partial charge in [0.2, 0.25) is 5.95 Å². The van der Waals surface area contributed by atoms with Gasteiger partial charge < -0.3 is 5.32 Å². The zero-order valence-corrected chi connectivity index (χ0v) is 9.85. The van der Waals surface area contributed by atoms with Crippen LogP contribution in [0.2, 0.25) is 0 Å². The SMILES string of the molecule is FC(F)(F)c1ccnc(NCCc2ccccn2)n1. The zero-order valence-electron chi connectivity index (χ0n) is 9.85. The molecule has 19 heavy (non-hydrogen) atoms. The van der Waals surface area contributed by atoms with Gasteiger partial charge in [0.1, 0.15) is 5.69 Å². The van der Waals surface area contributed by atoms with Crippen LogP contribution in [0.15, 0.2) is 36.7 Å². The third-order valence-corrected chi connectivity index (χ3v) is 2.34. The molecule has 0 saturated carbocycles. The molecule has 4 nitrogen and oxygen atoms in total. The molecule has 0 unspecified atom stereocenters. The molecule has 2 heterocycles. The van der Waals surface area contributed by atoms with Crippen LogP contribution in [-0.4, -0.2) is 21.5 Å². The van der Waals surface area contributed by atoms with E-state index in [1.165, 1.54) is 0 Å². The topological polar surface area (TPSA) is 50.7 Å². The largest absolute Gasteiger partial charge is 0.433 e. The van der Waals surface area contributed by atoms with Crippen LogP contribution in [0.4, 0.5) is 19.1 Å². The first-order valence-corrected chi connectivity index (χ1v) is 5.60. The molecule has 0 saturated heterocycles. The number of nitrogens with one attached hydrogen (secondary N) is 1. The van der Waals surface area contributed by atoms with E-state index in [9.17, 15) is 13.2 Å². The zero-order chi connectivity index (χ0) is 13.7. The van der Waals surface area contributed by atoms with Gasteiger partial charge in [-0.05, 0) is 18.2 Å². The van der Waals surface area contributed by atoms with Crippen LogP contribution in [0.25, 0.3) is 0 Å². The summed E-state index contributed by atoms with van der Waals surface area (Å²) in [7, 11) is 0. The first-order valence-electron chi connectivity index (χ1n) is 5.60. The lowest BCUT2D eigenvalue weighted by Crippen LogP contribution is -2.13. The normalized spacial score (nSPS) is 11.3. The third-order valence-electron chi connectivity index (χ3n) is 2.34. The van der Waals surface area contributed by atoms with Gasteiger partial charge in [0.25, 0.3) is 0 Å². The van der Waals surface area contributed by atoms with Gasteiger partial charge in [-0.15, -0.1) is 0 Å². The Labute approximate surface area is 107 Å². The second kappa shape index (κ2) is 5.64. The van der Waals surface area contributed by atoms with Crippen molar-refractivity contribution < 1.29 is 13.2 Å². The van der Waals surface area contributed by atoms with Gasteiger partial charge in [-0.2, -0.15) is 13.2 Å². The van der Waals surface area contributed by atoms with E-state index >= 15 is 0 Å². The summed E-state index contributed by atoms with van der Waals surface area (Å²) < 4.78 is 37.3. The molecule has 0 aromatic carbocycles. The molecule has 0 aliphatic carbocycles. The number of halogens is 3. The second-order valence-electron chi connectivity index (χ2n) is 3.76. The lowest BCUT2D eigenvalue weighted by Gasteiger charge is -2.08. The van der Waals surface area contributed by atoms with Crippen molar-refractivity contribution >= 4 is 5.95 Å². The van der Waals surface area contributed by atoms with E-state index < -0.39 is 11.9 Å². The van der Waals surface area contributed by atoms with Gasteiger partial charge in [0.15, 0.2) is 0 Å². The van der Waals surface area contributed by atoms with E-state index in [1.807, 2.05) is 12.1 Å². The van der Waals surface area contributed by atoms with Crippen molar-refractivity contribution in [3.8, 4) is 0 Å². The minimum Gasteiger partial charge on any atom is -0.354 e. The Kier molecular flexibility index (Phi) is 3.94. The molecule has 0 aliphatic heterocycles. The van der Waals surface area contributed by atoms with Crippen molar-refractivity contribution in [3.63, 3.8) is 0 Å². The summed E-state index contributed by atoms with van der Waals surface area (Å²) >= 11 is 0. The summed E-state index contributed by atoms with van der Waals surface area (Å²) in [5.41, 5.74) is -0.107. The van der Waals surface area contributed by atoms with E-state index in [0.29, 0.717) is 13.0 Å². The van der Waals surface area contributed by atoms with E-state index in [1.54, 1.807) is 12.3 Å². The van der Waals surface area contributed by atoms with Crippen molar-refractivity contribution in [3.05, 3.63) is 48.0 Å². The van der Waals surface area contributed by atoms with Crippen LogP contribution < -0.4 is 5.32 Å². The Balaban J connectivity index is 1.93. The molecular formula is C12H11F3N4. The van der Waals surface area contributed by atoms with Gasteiger partial charge in [0, 0.05) is 31.1 Å². The fourth-order valence-corrected chi connectivity index (χ4v) is 1.45. The fourth-order valence-electron chi connectivity index (χ4n) is 1.45. The van der Waals surface area contributed by atoms with E-state index in [2.05, 4.69) is 20.3 Å². The minimum absolute atomic E-state index is 0.0363. The molecule has 2 rings (SSSR count). The fraction of sp³-hybridized carbons (Fsp3) is 0.250. The van der Waals surface area contributed by atoms with Crippen molar-refractivity contribution in [1.29, 1.82) is 0 Å². The van der Waals surface area contributed by atoms with E-state index in [4.69, 9.17) is 0 Å². The number of aromatic nitrogens is 3. The molecule has 0 aliphatic rings. The van der Waals surface area contributed by atoms with Crippen LogP contribution >= 0.6 is 0 Å². The molecular weight excluding hydrogens is 257 g/mol. The molecule has 1 N–H and O–H groups in total. The maximum atomic E-state index is 12.4. The summed E-state index contributed by atoms with van der Waals surface area (Å²) in [4.78, 5) is 11.3. The number of alkyl halides is 3. The lowest BCUT2D eigenvalue weighted by molar-refractivity contribution is -0.141. The molecule has 0 atom stereocenters. The number of hydrogen-bond acceptors (Lipinski definition) is 4. The predicted molar refractivity (Wildman–Crippen MR) is 63.5 cm³/mol. The van der Waals surface area contributed by atoms with Gasteiger partial charge in [-0.3, -0.25) is 4.98 Å². The monoisotopic (exact) mass is 268 g/mol. The molecule has 0 fully saturated rings. The first-order chi connectivity index (χ1) is 9.05. The number of nitrogens with zero attached hydrogens (tertiary/aromatic N) is 3. The average Bonchev–Trinajstić information content (AvgIpc) is 2.39. The van der Waals surface area contributed by atoms with Gasteiger partial charge >= 0.3 is 6.18 Å². The minimum atomic E-state index is -4.46. The Morgan fingerprint density at radius 2 is 1.89 bits per heavy atom. The summed E-state index contributed by atoms with van der Waals surface area (Å²) in [6, 6.07) is 6.33. The molecule has 0 amide bonds. The van der Waals surface area contributed by atoms with E-state index in [0.717, 1.165) is 18.0 Å². The highest BCUT2D eigenvalue weighted by atomic mass is 19.4. The summed E-state index contributed by atoms with van der Waals surface area (Å²) in [6.07, 6.45) is -1.13. The van der Waals surface area contributed by atoms with Crippen molar-refractivity contribution in [1.82, 2.24) is 15.0 Å². The number of anilines is 1. The highest BCUT2D eigenvalue weighted by Crippen LogP contribution is 2.27. The maximum absolute atomic E-state index is 12.4. The number of rotatable bonds is 4. The Bertz CT molecular complexity index is 528. The van der Waals surface area contributed by atoms with Gasteiger partial charge in [0.05, 0.1) is 0 Å². The molecule has 0 spiro atoms. The Hall–Kier alpha value is -2.18. The van der Waals surface area contributed by atoms with Crippen LogP contribution in [0.5, 0.6) is 0 Å². The highest BCUT2D eigenvalue weighted by molar-refractivity contribution is 5.26. The van der Waals surface area contributed by atoms with Gasteiger partial charge in [-0.25, -0.2) is 9.97 Å². The van der Waals surface area contributed by atoms with Crippen LogP contribution in [0.1, 0.15) is 11.4 Å².